The van der Waals surface area contributed by atoms with Gasteiger partial charge in [-0.2, -0.15) is 0 Å². The van der Waals surface area contributed by atoms with Crippen molar-refractivity contribution in [1.29, 1.82) is 0 Å². The highest BCUT2D eigenvalue weighted by molar-refractivity contribution is 9.09. The Bertz CT molecular complexity index is 139. The quantitative estimate of drug-likeness (QED) is 0.601. The van der Waals surface area contributed by atoms with Crippen molar-refractivity contribution in [2.45, 2.75) is 62.0 Å². The molecule has 0 rings (SSSR count). The van der Waals surface area contributed by atoms with Crippen LogP contribution in [0.25, 0.3) is 0 Å². The smallest absolute Gasteiger partial charge is 0.132 e. The summed E-state index contributed by atoms with van der Waals surface area (Å²) >= 11 is 6.96. The van der Waals surface area contributed by atoms with Gasteiger partial charge in [0.1, 0.15) is 5.78 Å². The van der Waals surface area contributed by atoms with Crippen LogP contribution in [0.1, 0.15) is 52.4 Å². The number of rotatable bonds is 8. The largest absolute Gasteiger partial charge is 0.300 e. The molecule has 1 nitrogen and oxygen atoms in total. The Morgan fingerprint density at radius 3 is 1.64 bits per heavy atom. The van der Waals surface area contributed by atoms with Gasteiger partial charge in [-0.25, -0.2) is 0 Å². The molecule has 2 atom stereocenters. The Labute approximate surface area is 104 Å². The van der Waals surface area contributed by atoms with Gasteiger partial charge in [0.2, 0.25) is 0 Å². The normalized spacial score (nSPS) is 15.1. The second kappa shape index (κ2) is 8.90. The zero-order valence-corrected chi connectivity index (χ0v) is 12.2. The molecule has 84 valence electrons. The molecule has 0 aromatic carbocycles. The first-order chi connectivity index (χ1) is 6.52. The standard InChI is InChI=1S/C11H20Br2O/c1-9(12)5-3-7-11(14)8-4-6-10(2)13/h9-10H,3-8H2,1-2H3. The summed E-state index contributed by atoms with van der Waals surface area (Å²) in [5, 5.41) is 0. The molecule has 0 bridgehead atoms. The summed E-state index contributed by atoms with van der Waals surface area (Å²) in [7, 11) is 0. The van der Waals surface area contributed by atoms with Crippen LogP contribution >= 0.6 is 31.9 Å². The minimum Gasteiger partial charge on any atom is -0.300 e. The molecule has 0 spiro atoms. The second-order valence-corrected chi connectivity index (χ2v) is 7.01. The van der Waals surface area contributed by atoms with E-state index in [1.165, 1.54) is 0 Å². The summed E-state index contributed by atoms with van der Waals surface area (Å²) in [6.45, 7) is 4.24. The highest BCUT2D eigenvalue weighted by Crippen LogP contribution is 2.12. The lowest BCUT2D eigenvalue weighted by molar-refractivity contribution is -0.119. The van der Waals surface area contributed by atoms with E-state index in [0.29, 0.717) is 15.4 Å². The van der Waals surface area contributed by atoms with Crippen LogP contribution in [-0.2, 0) is 4.79 Å². The van der Waals surface area contributed by atoms with Crippen molar-refractivity contribution in [2.24, 2.45) is 0 Å². The molecule has 14 heavy (non-hydrogen) atoms. The molecule has 0 N–H and O–H groups in total. The number of ketones is 1. The van der Waals surface area contributed by atoms with E-state index in [1.54, 1.807) is 0 Å². The topological polar surface area (TPSA) is 17.1 Å². The monoisotopic (exact) mass is 326 g/mol. The molecule has 0 aromatic heterocycles. The van der Waals surface area contributed by atoms with Gasteiger partial charge in [0.25, 0.3) is 0 Å². The first-order valence-electron chi connectivity index (χ1n) is 5.32. The van der Waals surface area contributed by atoms with Crippen molar-refractivity contribution in [3.8, 4) is 0 Å². The van der Waals surface area contributed by atoms with E-state index in [4.69, 9.17) is 0 Å². The van der Waals surface area contributed by atoms with Crippen LogP contribution in [0.5, 0.6) is 0 Å². The van der Waals surface area contributed by atoms with Gasteiger partial charge in [0.05, 0.1) is 0 Å². The third-order valence-corrected chi connectivity index (χ3v) is 3.03. The lowest BCUT2D eigenvalue weighted by Crippen LogP contribution is -2.01. The summed E-state index contributed by atoms with van der Waals surface area (Å²) in [6.07, 6.45) is 5.75. The van der Waals surface area contributed by atoms with Crippen molar-refractivity contribution in [2.75, 3.05) is 0 Å². The van der Waals surface area contributed by atoms with Crippen LogP contribution in [-0.4, -0.2) is 15.4 Å². The molecular formula is C11H20Br2O. The van der Waals surface area contributed by atoms with E-state index in [0.717, 1.165) is 38.5 Å². The summed E-state index contributed by atoms with van der Waals surface area (Å²) in [5.41, 5.74) is 0. The van der Waals surface area contributed by atoms with Crippen LogP contribution in [0.4, 0.5) is 0 Å². The first-order valence-corrected chi connectivity index (χ1v) is 7.15. The van der Waals surface area contributed by atoms with Gasteiger partial charge in [-0.1, -0.05) is 45.7 Å². The zero-order chi connectivity index (χ0) is 11.0. The number of Topliss-reactive ketones (excluding diaryl/α,β-unsaturated/α-hetero) is 1. The molecule has 0 amide bonds. The summed E-state index contributed by atoms with van der Waals surface area (Å²) in [6, 6.07) is 0. The van der Waals surface area contributed by atoms with Crippen molar-refractivity contribution in [3.05, 3.63) is 0 Å². The number of hydrogen-bond acceptors (Lipinski definition) is 1. The second-order valence-electron chi connectivity index (χ2n) is 3.88. The van der Waals surface area contributed by atoms with E-state index in [-0.39, 0.29) is 0 Å². The fourth-order valence-corrected chi connectivity index (χ4v) is 1.93. The maximum atomic E-state index is 11.4. The molecule has 2 unspecified atom stereocenters. The molecule has 0 radical (unpaired) electrons. The lowest BCUT2D eigenvalue weighted by Gasteiger charge is -2.04. The highest BCUT2D eigenvalue weighted by Gasteiger charge is 2.04. The molecule has 3 heteroatoms. The van der Waals surface area contributed by atoms with Gasteiger partial charge in [0, 0.05) is 22.5 Å². The van der Waals surface area contributed by atoms with Crippen molar-refractivity contribution in [3.63, 3.8) is 0 Å². The SMILES string of the molecule is CC(Br)CCCC(=O)CCCC(C)Br. The molecule has 0 aliphatic carbocycles. The molecule has 0 aliphatic heterocycles. The summed E-state index contributed by atoms with van der Waals surface area (Å²) in [4.78, 5) is 12.5. The summed E-state index contributed by atoms with van der Waals surface area (Å²) < 4.78 is 0. The van der Waals surface area contributed by atoms with Crippen LogP contribution in [0, 0.1) is 0 Å². The number of carbonyl (C=O) groups excluding carboxylic acids is 1. The van der Waals surface area contributed by atoms with Gasteiger partial charge in [-0.15, -0.1) is 0 Å². The summed E-state index contributed by atoms with van der Waals surface area (Å²) in [5.74, 6) is 0.423. The first kappa shape index (κ1) is 14.6. The Kier molecular flexibility index (Phi) is 9.30. The molecule has 0 saturated carbocycles. The minimum atomic E-state index is 0.423. The zero-order valence-electron chi connectivity index (χ0n) is 9.06. The van der Waals surface area contributed by atoms with Gasteiger partial charge >= 0.3 is 0 Å². The number of hydrogen-bond donors (Lipinski definition) is 0. The van der Waals surface area contributed by atoms with Crippen LogP contribution < -0.4 is 0 Å². The van der Waals surface area contributed by atoms with E-state index >= 15 is 0 Å². The maximum absolute atomic E-state index is 11.4. The van der Waals surface area contributed by atoms with Crippen LogP contribution in [0.15, 0.2) is 0 Å². The predicted molar refractivity (Wildman–Crippen MR) is 69.5 cm³/mol. The van der Waals surface area contributed by atoms with Gasteiger partial charge in [0.15, 0.2) is 0 Å². The molecule has 0 aromatic rings. The van der Waals surface area contributed by atoms with Crippen molar-refractivity contribution >= 4 is 37.6 Å². The van der Waals surface area contributed by atoms with E-state index < -0.39 is 0 Å². The fraction of sp³-hybridized carbons (Fsp3) is 0.909. The molecule has 0 fully saturated rings. The minimum absolute atomic E-state index is 0.423. The van der Waals surface area contributed by atoms with E-state index in [9.17, 15) is 4.79 Å². The number of halogens is 2. The number of alkyl halides is 2. The van der Waals surface area contributed by atoms with Crippen molar-refractivity contribution in [1.82, 2.24) is 0 Å². The average molecular weight is 328 g/mol. The van der Waals surface area contributed by atoms with Gasteiger partial charge in [-0.05, 0) is 25.7 Å². The van der Waals surface area contributed by atoms with Gasteiger partial charge in [-0.3, -0.25) is 4.79 Å². The predicted octanol–water partition coefficient (Wildman–Crippen LogP) is 4.46. The molecule has 0 aliphatic rings. The molecule has 0 heterocycles. The number of carbonyl (C=O) groups is 1. The lowest BCUT2D eigenvalue weighted by atomic mass is 10.1. The Balaban J connectivity index is 3.28. The third kappa shape index (κ3) is 10.7. The van der Waals surface area contributed by atoms with Gasteiger partial charge < -0.3 is 0 Å². The average Bonchev–Trinajstić information content (AvgIpc) is 2.02. The Morgan fingerprint density at radius 2 is 1.36 bits per heavy atom. The third-order valence-electron chi connectivity index (χ3n) is 2.12. The van der Waals surface area contributed by atoms with E-state index in [1.807, 2.05) is 0 Å². The Hall–Kier alpha value is 0.630. The molecular weight excluding hydrogens is 308 g/mol. The van der Waals surface area contributed by atoms with Crippen LogP contribution in [0.3, 0.4) is 0 Å². The fourth-order valence-electron chi connectivity index (χ4n) is 1.29. The molecule has 0 saturated heterocycles. The maximum Gasteiger partial charge on any atom is 0.132 e. The van der Waals surface area contributed by atoms with E-state index in [2.05, 4.69) is 45.7 Å². The van der Waals surface area contributed by atoms with Crippen LogP contribution in [0.2, 0.25) is 0 Å². The Morgan fingerprint density at radius 1 is 1.00 bits per heavy atom. The van der Waals surface area contributed by atoms with Crippen molar-refractivity contribution < 1.29 is 4.79 Å². The highest BCUT2D eigenvalue weighted by atomic mass is 79.9.